The highest BCUT2D eigenvalue weighted by Crippen LogP contribution is 2.66. The van der Waals surface area contributed by atoms with E-state index in [9.17, 15) is 19.5 Å². The lowest BCUT2D eigenvalue weighted by atomic mass is 9.70. The third-order valence-electron chi connectivity index (χ3n) is 6.96. The fourth-order valence-corrected chi connectivity index (χ4v) is 7.92. The lowest BCUT2D eigenvalue weighted by Gasteiger charge is -2.37. The van der Waals surface area contributed by atoms with E-state index in [2.05, 4.69) is 10.6 Å². The Morgan fingerprint density at radius 3 is 2.53 bits per heavy atom. The number of hydrogen-bond donors (Lipinski definition) is 3. The molecule has 34 heavy (non-hydrogen) atoms. The molecule has 3 amide bonds. The molecule has 3 N–H and O–H groups in total. The molecule has 3 heterocycles. The van der Waals surface area contributed by atoms with Crippen molar-refractivity contribution in [2.45, 2.75) is 75.1 Å². The predicted octanol–water partition coefficient (Wildman–Crippen LogP) is 2.41. The van der Waals surface area contributed by atoms with Crippen LogP contribution < -0.4 is 15.4 Å². The number of aliphatic hydroxyl groups excluding tert-OH is 1. The van der Waals surface area contributed by atoms with Gasteiger partial charge in [-0.15, -0.1) is 11.8 Å². The molecule has 0 saturated carbocycles. The van der Waals surface area contributed by atoms with Crippen molar-refractivity contribution in [3.8, 4) is 5.75 Å². The number of carbonyl (C=O) groups excluding carboxylic acids is 3. The van der Waals surface area contributed by atoms with E-state index in [0.717, 1.165) is 12.2 Å². The number of amides is 3. The van der Waals surface area contributed by atoms with E-state index < -0.39 is 34.2 Å². The average molecular weight is 490 g/mol. The molecule has 1 aromatic carbocycles. The minimum Gasteiger partial charge on any atom is -0.494 e. The molecule has 3 fully saturated rings. The summed E-state index contributed by atoms with van der Waals surface area (Å²) in [6.45, 7) is 9.69. The summed E-state index contributed by atoms with van der Waals surface area (Å²) in [6.07, 6.45) is 1.47. The van der Waals surface area contributed by atoms with E-state index in [1.54, 1.807) is 43.0 Å². The number of benzene rings is 1. The average Bonchev–Trinajstić information content (AvgIpc) is 3.40. The first-order valence-electron chi connectivity index (χ1n) is 12.0. The number of hydrogen-bond acceptors (Lipinski definition) is 6. The van der Waals surface area contributed by atoms with Crippen LogP contribution >= 0.6 is 11.8 Å². The van der Waals surface area contributed by atoms with Crippen molar-refractivity contribution >= 4 is 35.2 Å². The van der Waals surface area contributed by atoms with Crippen LogP contribution in [0.1, 0.15) is 47.5 Å². The minimum atomic E-state index is -0.718. The van der Waals surface area contributed by atoms with Crippen LogP contribution in [0.5, 0.6) is 5.75 Å². The number of thioether (sulfide) groups is 1. The van der Waals surface area contributed by atoms with Crippen molar-refractivity contribution in [2.75, 3.05) is 18.5 Å². The van der Waals surface area contributed by atoms with Crippen LogP contribution in [-0.4, -0.2) is 68.6 Å². The SMILES string of the molecule is CCOc1ccc(NC(=O)[C@@H]2[C@H]3C(=O)N([C@H](C)CO)C(C(=O)NC(C)(C)C)C34CC[C@H]2S4)cc1. The molecular weight excluding hydrogens is 454 g/mol. The first-order valence-corrected chi connectivity index (χ1v) is 12.9. The van der Waals surface area contributed by atoms with E-state index in [0.29, 0.717) is 18.7 Å². The summed E-state index contributed by atoms with van der Waals surface area (Å²) in [5.41, 5.74) is 0.178. The second-order valence-corrected chi connectivity index (χ2v) is 12.1. The maximum Gasteiger partial charge on any atom is 0.244 e. The van der Waals surface area contributed by atoms with Crippen molar-refractivity contribution in [3.05, 3.63) is 24.3 Å². The molecule has 8 nitrogen and oxygen atoms in total. The molecule has 2 unspecified atom stereocenters. The molecule has 3 saturated heterocycles. The van der Waals surface area contributed by atoms with E-state index in [1.165, 1.54) is 4.90 Å². The third kappa shape index (κ3) is 4.17. The lowest BCUT2D eigenvalue weighted by Crippen LogP contribution is -2.58. The minimum absolute atomic E-state index is 0.0202. The van der Waals surface area contributed by atoms with Crippen LogP contribution in [0.2, 0.25) is 0 Å². The maximum atomic E-state index is 13.8. The topological polar surface area (TPSA) is 108 Å². The second-order valence-electron chi connectivity index (χ2n) is 10.5. The van der Waals surface area contributed by atoms with Crippen LogP contribution in [0.15, 0.2) is 24.3 Å². The van der Waals surface area contributed by atoms with Crippen molar-refractivity contribution in [1.82, 2.24) is 10.2 Å². The Balaban J connectivity index is 1.63. The number of anilines is 1. The van der Waals surface area contributed by atoms with Crippen LogP contribution in [0.3, 0.4) is 0 Å². The van der Waals surface area contributed by atoms with Gasteiger partial charge in [0.2, 0.25) is 17.7 Å². The van der Waals surface area contributed by atoms with Gasteiger partial charge in [-0.05, 0) is 71.7 Å². The van der Waals surface area contributed by atoms with Gasteiger partial charge in [-0.3, -0.25) is 14.4 Å². The summed E-state index contributed by atoms with van der Waals surface area (Å²) in [4.78, 5) is 42.3. The van der Waals surface area contributed by atoms with Crippen LogP contribution in [0.4, 0.5) is 5.69 Å². The highest BCUT2D eigenvalue weighted by Gasteiger charge is 2.74. The fraction of sp³-hybridized carbons (Fsp3) is 0.640. The Morgan fingerprint density at radius 2 is 1.94 bits per heavy atom. The molecule has 1 aromatic rings. The monoisotopic (exact) mass is 489 g/mol. The van der Waals surface area contributed by atoms with Gasteiger partial charge in [0.25, 0.3) is 0 Å². The van der Waals surface area contributed by atoms with E-state index in [-0.39, 0.29) is 29.6 Å². The summed E-state index contributed by atoms with van der Waals surface area (Å²) in [5, 5.41) is 15.9. The van der Waals surface area contributed by atoms with Crippen LogP contribution in [0, 0.1) is 11.8 Å². The van der Waals surface area contributed by atoms with Crippen LogP contribution in [0.25, 0.3) is 0 Å². The number of nitrogens with one attached hydrogen (secondary N) is 2. The quantitative estimate of drug-likeness (QED) is 0.543. The molecule has 186 valence electrons. The Hall–Kier alpha value is -2.26. The zero-order chi connectivity index (χ0) is 24.8. The molecule has 2 bridgehead atoms. The summed E-state index contributed by atoms with van der Waals surface area (Å²) >= 11 is 1.62. The molecule has 3 aliphatic rings. The van der Waals surface area contributed by atoms with Gasteiger partial charge < -0.3 is 25.4 Å². The predicted molar refractivity (Wildman–Crippen MR) is 132 cm³/mol. The van der Waals surface area contributed by atoms with Gasteiger partial charge >= 0.3 is 0 Å². The van der Waals surface area contributed by atoms with Crippen molar-refractivity contribution in [3.63, 3.8) is 0 Å². The first-order chi connectivity index (χ1) is 16.0. The normalized spacial score (nSPS) is 30.8. The Labute approximate surface area is 205 Å². The Bertz CT molecular complexity index is 962. The van der Waals surface area contributed by atoms with E-state index in [4.69, 9.17) is 4.74 Å². The summed E-state index contributed by atoms with van der Waals surface area (Å²) in [7, 11) is 0. The highest BCUT2D eigenvalue weighted by atomic mass is 32.2. The lowest BCUT2D eigenvalue weighted by molar-refractivity contribution is -0.142. The number of carbonyl (C=O) groups is 3. The molecule has 0 aromatic heterocycles. The van der Waals surface area contributed by atoms with E-state index >= 15 is 0 Å². The Kier molecular flexibility index (Phi) is 6.63. The number of nitrogens with zero attached hydrogens (tertiary/aromatic N) is 1. The van der Waals surface area contributed by atoms with E-state index in [1.807, 2.05) is 27.7 Å². The van der Waals surface area contributed by atoms with Gasteiger partial charge in [0.1, 0.15) is 11.8 Å². The number of likely N-dealkylation sites (tertiary alicyclic amines) is 1. The number of aliphatic hydroxyl groups is 1. The molecule has 1 spiro atoms. The van der Waals surface area contributed by atoms with Gasteiger partial charge in [-0.25, -0.2) is 0 Å². The summed E-state index contributed by atoms with van der Waals surface area (Å²) in [5.74, 6) is -1.03. The Morgan fingerprint density at radius 1 is 1.26 bits per heavy atom. The van der Waals surface area contributed by atoms with Crippen LogP contribution in [-0.2, 0) is 14.4 Å². The van der Waals surface area contributed by atoms with Gasteiger partial charge in [0.15, 0.2) is 0 Å². The number of fused-ring (bicyclic) bond motifs is 1. The van der Waals surface area contributed by atoms with Gasteiger partial charge in [0, 0.05) is 16.5 Å². The van der Waals surface area contributed by atoms with Crippen molar-refractivity contribution in [1.29, 1.82) is 0 Å². The summed E-state index contributed by atoms with van der Waals surface area (Å²) in [6, 6.07) is 5.94. The van der Waals surface area contributed by atoms with Gasteiger partial charge in [0.05, 0.1) is 35.8 Å². The second kappa shape index (κ2) is 9.07. The molecular formula is C25H35N3O5S. The fourth-order valence-electron chi connectivity index (χ4n) is 5.72. The number of rotatable bonds is 7. The number of ether oxygens (including phenoxy) is 1. The third-order valence-corrected chi connectivity index (χ3v) is 8.91. The largest absolute Gasteiger partial charge is 0.494 e. The zero-order valence-corrected chi connectivity index (χ0v) is 21.3. The zero-order valence-electron chi connectivity index (χ0n) is 20.5. The standard InChI is InChI=1S/C25H35N3O5S/c1-6-33-16-9-7-15(8-10-16)26-21(30)18-17-11-12-25(34-17)19(18)23(32)28(14(2)13-29)20(25)22(31)27-24(3,4)5/h7-10,14,17-20,29H,6,11-13H2,1-5H3,(H,26,30)(H,27,31)/t14-,17-,18+,19+,20?,25?/m1/s1. The van der Waals surface area contributed by atoms with Crippen molar-refractivity contribution < 1.29 is 24.2 Å². The maximum absolute atomic E-state index is 13.8. The first kappa shape index (κ1) is 24.9. The summed E-state index contributed by atoms with van der Waals surface area (Å²) < 4.78 is 4.80. The molecule has 9 heteroatoms. The molecule has 0 radical (unpaired) electrons. The van der Waals surface area contributed by atoms with Gasteiger partial charge in [-0.1, -0.05) is 0 Å². The molecule has 6 atom stereocenters. The highest BCUT2D eigenvalue weighted by molar-refractivity contribution is 8.02. The van der Waals surface area contributed by atoms with Crippen molar-refractivity contribution in [2.24, 2.45) is 11.8 Å². The molecule has 0 aliphatic carbocycles. The van der Waals surface area contributed by atoms with Gasteiger partial charge in [-0.2, -0.15) is 0 Å². The molecule has 3 aliphatic heterocycles. The molecule has 4 rings (SSSR count). The smallest absolute Gasteiger partial charge is 0.244 e.